The van der Waals surface area contributed by atoms with Crippen molar-refractivity contribution >= 4 is 40.8 Å². The minimum atomic E-state index is -0.442. The van der Waals surface area contributed by atoms with Gasteiger partial charge in [-0.1, -0.05) is 29.3 Å². The molecule has 1 saturated carbocycles. The van der Waals surface area contributed by atoms with Crippen molar-refractivity contribution in [1.29, 1.82) is 0 Å². The van der Waals surface area contributed by atoms with Crippen molar-refractivity contribution in [2.75, 3.05) is 4.90 Å². The van der Waals surface area contributed by atoms with Crippen LogP contribution in [-0.2, 0) is 4.79 Å². The molecule has 2 fully saturated rings. The number of urea groups is 1. The van der Waals surface area contributed by atoms with E-state index in [1.807, 2.05) is 0 Å². The first kappa shape index (κ1) is 13.7. The molecule has 0 unspecified atom stereocenters. The van der Waals surface area contributed by atoms with Crippen LogP contribution in [0.2, 0.25) is 10.0 Å². The molecule has 1 atom stereocenters. The van der Waals surface area contributed by atoms with Gasteiger partial charge in [0.05, 0.1) is 15.7 Å². The molecule has 1 aliphatic carbocycles. The Morgan fingerprint density at radius 1 is 1.20 bits per heavy atom. The SMILES string of the molecule is C[C@@H]1C(=O)N(c2cccc(Cl)c2Cl)C(=O)N1C1CCC1. The molecule has 0 radical (unpaired) electrons. The second-order valence-electron chi connectivity index (χ2n) is 5.20. The van der Waals surface area contributed by atoms with Gasteiger partial charge in [0.25, 0.3) is 5.91 Å². The summed E-state index contributed by atoms with van der Waals surface area (Å²) in [6.45, 7) is 1.76. The van der Waals surface area contributed by atoms with Crippen molar-refractivity contribution in [2.24, 2.45) is 0 Å². The van der Waals surface area contributed by atoms with E-state index in [0.717, 1.165) is 24.2 Å². The van der Waals surface area contributed by atoms with Gasteiger partial charge in [0.1, 0.15) is 6.04 Å². The zero-order valence-electron chi connectivity index (χ0n) is 11.0. The zero-order valence-corrected chi connectivity index (χ0v) is 12.5. The van der Waals surface area contributed by atoms with Gasteiger partial charge in [0.15, 0.2) is 0 Å². The van der Waals surface area contributed by atoms with Crippen LogP contribution in [0.3, 0.4) is 0 Å². The monoisotopic (exact) mass is 312 g/mol. The van der Waals surface area contributed by atoms with Crippen LogP contribution in [0.5, 0.6) is 0 Å². The Hall–Kier alpha value is -1.26. The van der Waals surface area contributed by atoms with Crippen LogP contribution >= 0.6 is 23.2 Å². The highest BCUT2D eigenvalue weighted by atomic mass is 35.5. The summed E-state index contributed by atoms with van der Waals surface area (Å²) >= 11 is 12.1. The van der Waals surface area contributed by atoms with Crippen molar-refractivity contribution in [3.05, 3.63) is 28.2 Å². The van der Waals surface area contributed by atoms with E-state index in [9.17, 15) is 9.59 Å². The molecule has 1 aliphatic heterocycles. The maximum absolute atomic E-state index is 12.6. The maximum Gasteiger partial charge on any atom is 0.332 e. The number of anilines is 1. The van der Waals surface area contributed by atoms with E-state index < -0.39 is 6.04 Å². The molecule has 0 aromatic heterocycles. The number of benzene rings is 1. The topological polar surface area (TPSA) is 40.6 Å². The fraction of sp³-hybridized carbons (Fsp3) is 0.429. The van der Waals surface area contributed by atoms with E-state index in [1.54, 1.807) is 30.0 Å². The van der Waals surface area contributed by atoms with Gasteiger partial charge in [-0.15, -0.1) is 0 Å². The first-order chi connectivity index (χ1) is 9.52. The van der Waals surface area contributed by atoms with Crippen molar-refractivity contribution in [2.45, 2.75) is 38.3 Å². The molecule has 3 rings (SSSR count). The van der Waals surface area contributed by atoms with Crippen LogP contribution in [-0.4, -0.2) is 28.9 Å². The summed E-state index contributed by atoms with van der Waals surface area (Å²) in [5, 5.41) is 0.568. The van der Waals surface area contributed by atoms with E-state index in [1.165, 1.54) is 0 Å². The van der Waals surface area contributed by atoms with Crippen LogP contribution in [0.15, 0.2) is 18.2 Å². The van der Waals surface area contributed by atoms with Crippen LogP contribution < -0.4 is 4.90 Å². The van der Waals surface area contributed by atoms with E-state index in [0.29, 0.717) is 10.7 Å². The molecular formula is C14H14Cl2N2O2. The number of nitrogens with zero attached hydrogens (tertiary/aromatic N) is 2. The average Bonchev–Trinajstić information content (AvgIpc) is 2.56. The first-order valence-electron chi connectivity index (χ1n) is 6.62. The largest absolute Gasteiger partial charge is 0.332 e. The van der Waals surface area contributed by atoms with E-state index in [2.05, 4.69) is 0 Å². The van der Waals surface area contributed by atoms with Crippen LogP contribution in [0.4, 0.5) is 10.5 Å². The van der Waals surface area contributed by atoms with Gasteiger partial charge in [-0.2, -0.15) is 0 Å². The Morgan fingerprint density at radius 2 is 1.90 bits per heavy atom. The molecule has 20 heavy (non-hydrogen) atoms. The summed E-state index contributed by atoms with van der Waals surface area (Å²) < 4.78 is 0. The zero-order chi connectivity index (χ0) is 14.4. The van der Waals surface area contributed by atoms with E-state index in [4.69, 9.17) is 23.2 Å². The van der Waals surface area contributed by atoms with Gasteiger partial charge in [0.2, 0.25) is 0 Å². The molecule has 4 nitrogen and oxygen atoms in total. The van der Waals surface area contributed by atoms with Gasteiger partial charge in [0, 0.05) is 6.04 Å². The second kappa shape index (κ2) is 4.93. The number of carbonyl (C=O) groups excluding carboxylic acids is 2. The normalized spacial score (nSPS) is 23.4. The van der Waals surface area contributed by atoms with Gasteiger partial charge < -0.3 is 4.90 Å². The van der Waals surface area contributed by atoms with E-state index >= 15 is 0 Å². The number of rotatable bonds is 2. The molecule has 2 aliphatic rings. The number of hydrogen-bond donors (Lipinski definition) is 0. The predicted molar refractivity (Wildman–Crippen MR) is 78.3 cm³/mol. The van der Waals surface area contributed by atoms with Crippen molar-refractivity contribution in [3.8, 4) is 0 Å². The highest BCUT2D eigenvalue weighted by Crippen LogP contribution is 2.38. The lowest BCUT2D eigenvalue weighted by molar-refractivity contribution is -0.119. The minimum Gasteiger partial charge on any atom is -0.309 e. The first-order valence-corrected chi connectivity index (χ1v) is 7.38. The molecule has 6 heteroatoms. The van der Waals surface area contributed by atoms with Crippen LogP contribution in [0.1, 0.15) is 26.2 Å². The third-order valence-electron chi connectivity index (χ3n) is 4.05. The Balaban J connectivity index is 1.99. The molecule has 1 saturated heterocycles. The third kappa shape index (κ3) is 1.90. The lowest BCUT2D eigenvalue weighted by Gasteiger charge is -2.35. The average molecular weight is 313 g/mol. The molecule has 3 amide bonds. The fourth-order valence-corrected chi connectivity index (χ4v) is 3.09. The lowest BCUT2D eigenvalue weighted by Crippen LogP contribution is -2.45. The molecule has 0 N–H and O–H groups in total. The predicted octanol–water partition coefficient (Wildman–Crippen LogP) is 3.70. The Bertz CT molecular complexity index is 587. The molecule has 1 aromatic rings. The summed E-state index contributed by atoms with van der Waals surface area (Å²) in [6, 6.07) is 4.39. The maximum atomic E-state index is 12.6. The molecule has 0 bridgehead atoms. The highest BCUT2D eigenvalue weighted by molar-refractivity contribution is 6.44. The summed E-state index contributed by atoms with van der Waals surface area (Å²) in [6.07, 6.45) is 3.02. The summed E-state index contributed by atoms with van der Waals surface area (Å²) in [4.78, 5) is 27.8. The highest BCUT2D eigenvalue weighted by Gasteiger charge is 2.48. The number of carbonyl (C=O) groups is 2. The Labute approximate surface area is 127 Å². The number of amides is 3. The Kier molecular flexibility index (Phi) is 3.38. The second-order valence-corrected chi connectivity index (χ2v) is 5.98. The minimum absolute atomic E-state index is 0.171. The van der Waals surface area contributed by atoms with Crippen molar-refractivity contribution in [1.82, 2.24) is 4.90 Å². The molecule has 1 aromatic carbocycles. The summed E-state index contributed by atoms with van der Waals surface area (Å²) in [7, 11) is 0. The van der Waals surface area contributed by atoms with Gasteiger partial charge in [-0.05, 0) is 38.3 Å². The molecule has 1 heterocycles. The Morgan fingerprint density at radius 3 is 2.50 bits per heavy atom. The smallest absolute Gasteiger partial charge is 0.309 e. The lowest BCUT2D eigenvalue weighted by atomic mass is 9.91. The summed E-state index contributed by atoms with van der Waals surface area (Å²) in [5.41, 5.74) is 0.364. The van der Waals surface area contributed by atoms with Crippen LogP contribution in [0.25, 0.3) is 0 Å². The fourth-order valence-electron chi connectivity index (χ4n) is 2.71. The number of halogens is 2. The molecular weight excluding hydrogens is 299 g/mol. The van der Waals surface area contributed by atoms with Gasteiger partial charge in [-0.3, -0.25) is 4.79 Å². The standard InChI is InChI=1S/C14H14Cl2N2O2/c1-8-13(19)18(11-7-3-6-10(15)12(11)16)14(20)17(8)9-4-2-5-9/h3,6-9H,2,4-5H2,1H3/t8-/m1/s1. The van der Waals surface area contributed by atoms with Gasteiger partial charge >= 0.3 is 6.03 Å². The number of hydrogen-bond acceptors (Lipinski definition) is 2. The third-order valence-corrected chi connectivity index (χ3v) is 4.86. The van der Waals surface area contributed by atoms with Crippen LogP contribution in [0, 0.1) is 0 Å². The van der Waals surface area contributed by atoms with Gasteiger partial charge in [-0.25, -0.2) is 9.69 Å². The molecule has 106 valence electrons. The summed E-state index contributed by atoms with van der Waals surface area (Å²) in [5.74, 6) is -0.244. The molecule has 0 spiro atoms. The van der Waals surface area contributed by atoms with Crippen molar-refractivity contribution < 1.29 is 9.59 Å². The van der Waals surface area contributed by atoms with E-state index in [-0.39, 0.29) is 23.0 Å². The number of imide groups is 1. The van der Waals surface area contributed by atoms with Crippen molar-refractivity contribution in [3.63, 3.8) is 0 Å². The quantitative estimate of drug-likeness (QED) is 0.781.